The monoisotopic (exact) mass is 420 g/mol. The Kier molecular flexibility index (Phi) is 4.19. The van der Waals surface area contributed by atoms with Gasteiger partial charge in [-0.05, 0) is 53.0 Å². The van der Waals surface area contributed by atoms with E-state index in [0.717, 1.165) is 33.2 Å². The number of aromatic nitrogens is 2. The summed E-state index contributed by atoms with van der Waals surface area (Å²) in [7, 11) is 0. The maximum Gasteiger partial charge on any atom is 0.219 e. The van der Waals surface area contributed by atoms with Gasteiger partial charge in [0.2, 0.25) is 5.43 Å². The summed E-state index contributed by atoms with van der Waals surface area (Å²) in [6, 6.07) is 11.8. The molecule has 3 nitrogen and oxygen atoms in total. The molecule has 0 aliphatic heterocycles. The van der Waals surface area contributed by atoms with Gasteiger partial charge in [0, 0.05) is 9.86 Å². The van der Waals surface area contributed by atoms with Crippen LogP contribution in [0.25, 0.3) is 16.6 Å². The number of hydrogen-bond acceptors (Lipinski definition) is 2. The van der Waals surface area contributed by atoms with E-state index in [1.54, 1.807) is 10.7 Å². The Bertz CT molecular complexity index is 932. The van der Waals surface area contributed by atoms with Gasteiger partial charge in [-0.1, -0.05) is 41.1 Å². The Morgan fingerprint density at radius 3 is 2.64 bits per heavy atom. The van der Waals surface area contributed by atoms with E-state index < -0.39 is 0 Å². The lowest BCUT2D eigenvalue weighted by atomic mass is 10.1. The summed E-state index contributed by atoms with van der Waals surface area (Å²) in [6.45, 7) is 4.02. The van der Waals surface area contributed by atoms with Gasteiger partial charge >= 0.3 is 0 Å². The third kappa shape index (κ3) is 2.52. The van der Waals surface area contributed by atoms with E-state index in [0.29, 0.717) is 9.99 Å². The Labute approximate surface area is 145 Å². The second-order valence-corrected chi connectivity index (χ2v) is 6.86. The van der Waals surface area contributed by atoms with Gasteiger partial charge in [0.25, 0.3) is 0 Å². The van der Waals surface area contributed by atoms with E-state index in [-0.39, 0.29) is 5.43 Å². The fourth-order valence-electron chi connectivity index (χ4n) is 2.60. The molecule has 0 atom stereocenters. The molecule has 0 saturated heterocycles. The molecule has 0 aliphatic carbocycles. The van der Waals surface area contributed by atoms with E-state index in [1.807, 2.05) is 31.2 Å². The molecule has 0 aliphatic rings. The van der Waals surface area contributed by atoms with Crippen molar-refractivity contribution in [2.75, 3.05) is 0 Å². The molecule has 0 unspecified atom stereocenters. The second-order valence-electron chi connectivity index (χ2n) is 5.09. The van der Waals surface area contributed by atoms with E-state index >= 15 is 0 Å². The van der Waals surface area contributed by atoms with Crippen molar-refractivity contribution in [2.45, 2.75) is 20.3 Å². The smallest absolute Gasteiger partial charge is 0.219 e. The summed E-state index contributed by atoms with van der Waals surface area (Å²) in [4.78, 5) is 12.8. The van der Waals surface area contributed by atoms with E-state index in [4.69, 9.17) is 0 Å². The van der Waals surface area contributed by atoms with Crippen LogP contribution in [0, 0.1) is 6.92 Å². The lowest BCUT2D eigenvalue weighted by Gasteiger charge is -2.08. The van der Waals surface area contributed by atoms with Crippen molar-refractivity contribution in [2.24, 2.45) is 0 Å². The molecule has 3 aromatic rings. The predicted octanol–water partition coefficient (Wildman–Crippen LogP) is 4.78. The van der Waals surface area contributed by atoms with Gasteiger partial charge < -0.3 is 0 Å². The van der Waals surface area contributed by atoms with Crippen molar-refractivity contribution in [3.05, 3.63) is 66.8 Å². The number of nitrogens with zero attached hydrogens (tertiary/aromatic N) is 2. The zero-order valence-corrected chi connectivity index (χ0v) is 15.4. The third-order valence-corrected chi connectivity index (χ3v) is 4.73. The van der Waals surface area contributed by atoms with Crippen molar-refractivity contribution in [3.63, 3.8) is 0 Å². The highest BCUT2D eigenvalue weighted by atomic mass is 79.9. The van der Waals surface area contributed by atoms with Gasteiger partial charge in [-0.3, -0.25) is 4.79 Å². The fraction of sp³-hybridized carbons (Fsp3) is 0.176. The average molecular weight is 422 g/mol. The molecule has 1 aromatic heterocycles. The van der Waals surface area contributed by atoms with Crippen LogP contribution < -0.4 is 5.43 Å². The summed E-state index contributed by atoms with van der Waals surface area (Å²) in [5.41, 5.74) is 3.48. The molecule has 2 aromatic carbocycles. The van der Waals surface area contributed by atoms with Crippen molar-refractivity contribution < 1.29 is 0 Å². The fourth-order valence-corrected chi connectivity index (χ4v) is 3.80. The van der Waals surface area contributed by atoms with Crippen LogP contribution in [0.15, 0.2) is 50.1 Å². The average Bonchev–Trinajstić information content (AvgIpc) is 2.77. The van der Waals surface area contributed by atoms with Crippen LogP contribution in [-0.2, 0) is 6.42 Å². The zero-order valence-electron chi connectivity index (χ0n) is 12.2. The topological polar surface area (TPSA) is 34.9 Å². The lowest BCUT2D eigenvalue weighted by molar-refractivity contribution is 0.869. The Morgan fingerprint density at radius 2 is 1.91 bits per heavy atom. The lowest BCUT2D eigenvalue weighted by Crippen LogP contribution is -2.08. The SMILES string of the molecule is CCc1ccccc1-n1nc(C)c2cc(Br)cc(Br)c(=O)c21. The third-order valence-electron chi connectivity index (χ3n) is 3.69. The highest BCUT2D eigenvalue weighted by Gasteiger charge is 2.15. The standard InChI is InChI=1S/C17H14Br2N2O/c1-3-11-6-4-5-7-15(11)21-16-13(10(2)20-21)8-12(18)9-14(19)17(16)22/h4-9H,3H2,1-2H3. The molecule has 0 amide bonds. The van der Waals surface area contributed by atoms with Gasteiger partial charge in [0.1, 0.15) is 5.52 Å². The minimum atomic E-state index is -0.0628. The molecule has 0 bridgehead atoms. The van der Waals surface area contributed by atoms with Crippen LogP contribution in [0.3, 0.4) is 0 Å². The summed E-state index contributed by atoms with van der Waals surface area (Å²) in [5, 5.41) is 5.47. The minimum Gasteiger partial charge on any atom is -0.286 e. The van der Waals surface area contributed by atoms with Gasteiger partial charge in [0.15, 0.2) is 0 Å². The molecule has 1 heterocycles. The largest absolute Gasteiger partial charge is 0.286 e. The van der Waals surface area contributed by atoms with E-state index in [9.17, 15) is 4.79 Å². The molecule has 0 spiro atoms. The van der Waals surface area contributed by atoms with Crippen LogP contribution in [0.4, 0.5) is 0 Å². The second kappa shape index (κ2) is 5.97. The molecule has 0 radical (unpaired) electrons. The summed E-state index contributed by atoms with van der Waals surface area (Å²) < 4.78 is 3.13. The normalized spacial score (nSPS) is 11.1. The van der Waals surface area contributed by atoms with Gasteiger partial charge in [-0.15, -0.1) is 0 Å². The summed E-state index contributed by atoms with van der Waals surface area (Å²) in [5.74, 6) is 0. The molecule has 0 fully saturated rings. The Hall–Kier alpha value is -1.46. The maximum atomic E-state index is 12.8. The first-order valence-electron chi connectivity index (χ1n) is 7.00. The maximum absolute atomic E-state index is 12.8. The molecule has 0 saturated carbocycles. The zero-order chi connectivity index (χ0) is 15.9. The number of rotatable bonds is 2. The van der Waals surface area contributed by atoms with E-state index in [2.05, 4.69) is 49.9 Å². The van der Waals surface area contributed by atoms with Crippen molar-refractivity contribution >= 4 is 42.8 Å². The molecular weight excluding hydrogens is 408 g/mol. The first kappa shape index (κ1) is 15.4. The number of hydrogen-bond donors (Lipinski definition) is 0. The van der Waals surface area contributed by atoms with Crippen LogP contribution in [0.1, 0.15) is 18.2 Å². The van der Waals surface area contributed by atoms with Gasteiger partial charge in [-0.2, -0.15) is 5.10 Å². The summed E-state index contributed by atoms with van der Waals surface area (Å²) in [6.07, 6.45) is 0.884. The molecule has 22 heavy (non-hydrogen) atoms. The van der Waals surface area contributed by atoms with Crippen molar-refractivity contribution in [3.8, 4) is 5.69 Å². The van der Waals surface area contributed by atoms with Crippen LogP contribution in [0.5, 0.6) is 0 Å². The van der Waals surface area contributed by atoms with Gasteiger partial charge in [0.05, 0.1) is 15.9 Å². The molecule has 0 N–H and O–H groups in total. The number of para-hydroxylation sites is 1. The van der Waals surface area contributed by atoms with Crippen molar-refractivity contribution in [1.29, 1.82) is 0 Å². The summed E-state index contributed by atoms with van der Waals surface area (Å²) >= 11 is 6.83. The highest BCUT2D eigenvalue weighted by Crippen LogP contribution is 2.25. The quantitative estimate of drug-likeness (QED) is 0.596. The van der Waals surface area contributed by atoms with Crippen molar-refractivity contribution in [1.82, 2.24) is 9.78 Å². The molecule has 5 heteroatoms. The van der Waals surface area contributed by atoms with Crippen LogP contribution >= 0.6 is 31.9 Å². The number of benzene rings is 1. The number of halogens is 2. The number of aryl methyl sites for hydroxylation is 2. The predicted molar refractivity (Wildman–Crippen MR) is 96.9 cm³/mol. The Morgan fingerprint density at radius 1 is 1.18 bits per heavy atom. The first-order valence-corrected chi connectivity index (χ1v) is 8.58. The molecule has 3 rings (SSSR count). The van der Waals surface area contributed by atoms with Crippen LogP contribution in [0.2, 0.25) is 0 Å². The van der Waals surface area contributed by atoms with Gasteiger partial charge in [-0.25, -0.2) is 4.68 Å². The molecular formula is C17H14Br2N2O. The van der Waals surface area contributed by atoms with E-state index in [1.165, 1.54) is 0 Å². The first-order chi connectivity index (χ1) is 10.5. The Balaban J connectivity index is 2.50. The highest BCUT2D eigenvalue weighted by molar-refractivity contribution is 9.11. The molecule has 112 valence electrons. The number of fused-ring (bicyclic) bond motifs is 1. The minimum absolute atomic E-state index is 0.0628. The van der Waals surface area contributed by atoms with Crippen LogP contribution in [-0.4, -0.2) is 9.78 Å².